The molecule has 3 nitrogen and oxygen atoms in total. The molecule has 2 aromatic rings. The van der Waals surface area contributed by atoms with Gasteiger partial charge in [0.1, 0.15) is 0 Å². The average molecular weight is 245 g/mol. The number of hydrogen-bond acceptors (Lipinski definition) is 2. The van der Waals surface area contributed by atoms with Gasteiger partial charge in [-0.15, -0.1) is 0 Å². The number of hydrogen-bond donors (Lipinski definition) is 1. The summed E-state index contributed by atoms with van der Waals surface area (Å²) in [6.07, 6.45) is 0. The van der Waals surface area contributed by atoms with Crippen LogP contribution in [0.25, 0.3) is 0 Å². The minimum Gasteiger partial charge on any atom is -0.343 e. The van der Waals surface area contributed by atoms with Gasteiger partial charge < -0.3 is 9.79 Å². The molecule has 4 heteroatoms. The summed E-state index contributed by atoms with van der Waals surface area (Å²) < 4.78 is 12.6. The topological polar surface area (TPSA) is 40.5 Å². The zero-order chi connectivity index (χ0) is 12.0. The third-order valence-corrected chi connectivity index (χ3v) is 5.20. The molecule has 0 unspecified atom stereocenters. The van der Waals surface area contributed by atoms with Crippen LogP contribution in [0.2, 0.25) is 0 Å². The van der Waals surface area contributed by atoms with E-state index in [1.54, 1.807) is 24.3 Å². The van der Waals surface area contributed by atoms with Gasteiger partial charge in [-0.1, -0.05) is 24.3 Å². The molecule has 3 rings (SSSR count). The quantitative estimate of drug-likeness (QED) is 0.721. The molecule has 1 aliphatic heterocycles. The highest BCUT2D eigenvalue weighted by molar-refractivity contribution is 7.74. The SMILES string of the molecule is CN1c2ccccc2P(=O)(O)c2ccccc21. The van der Waals surface area contributed by atoms with Crippen molar-refractivity contribution in [1.82, 2.24) is 0 Å². The van der Waals surface area contributed by atoms with Gasteiger partial charge in [-0.2, -0.15) is 0 Å². The summed E-state index contributed by atoms with van der Waals surface area (Å²) in [6.45, 7) is 0. The summed E-state index contributed by atoms with van der Waals surface area (Å²) in [5.41, 5.74) is 1.61. The van der Waals surface area contributed by atoms with E-state index >= 15 is 0 Å². The maximum atomic E-state index is 12.6. The fourth-order valence-electron chi connectivity index (χ4n) is 2.27. The van der Waals surface area contributed by atoms with Crippen molar-refractivity contribution in [3.8, 4) is 0 Å². The smallest absolute Gasteiger partial charge is 0.262 e. The van der Waals surface area contributed by atoms with Crippen LogP contribution in [0.4, 0.5) is 11.4 Å². The van der Waals surface area contributed by atoms with Gasteiger partial charge in [0.25, 0.3) is 7.37 Å². The molecule has 1 heterocycles. The predicted molar refractivity (Wildman–Crippen MR) is 70.0 cm³/mol. The summed E-state index contributed by atoms with van der Waals surface area (Å²) in [7, 11) is -1.53. The molecule has 0 fully saturated rings. The molecule has 86 valence electrons. The van der Waals surface area contributed by atoms with Crippen LogP contribution < -0.4 is 15.5 Å². The van der Waals surface area contributed by atoms with Crippen molar-refractivity contribution >= 4 is 29.4 Å². The van der Waals surface area contributed by atoms with Gasteiger partial charge >= 0.3 is 0 Å². The predicted octanol–water partition coefficient (Wildman–Crippen LogP) is 1.99. The maximum absolute atomic E-state index is 12.6. The molecular formula is C13H12NO2P. The van der Waals surface area contributed by atoms with Gasteiger partial charge in [0.05, 0.1) is 22.0 Å². The van der Waals surface area contributed by atoms with Crippen molar-refractivity contribution in [3.05, 3.63) is 48.5 Å². The molecule has 0 saturated heterocycles. The van der Waals surface area contributed by atoms with Gasteiger partial charge in [0.2, 0.25) is 0 Å². The second-order valence-electron chi connectivity index (χ2n) is 4.11. The van der Waals surface area contributed by atoms with Crippen LogP contribution in [-0.4, -0.2) is 11.9 Å². The van der Waals surface area contributed by atoms with E-state index in [1.807, 2.05) is 36.2 Å². The Hall–Kier alpha value is -1.57. The summed E-state index contributed by atoms with van der Waals surface area (Å²) in [4.78, 5) is 12.3. The van der Waals surface area contributed by atoms with E-state index in [2.05, 4.69) is 0 Å². The lowest BCUT2D eigenvalue weighted by atomic mass is 10.2. The molecular weight excluding hydrogens is 233 g/mol. The summed E-state index contributed by atoms with van der Waals surface area (Å²) in [5.74, 6) is 0. The highest BCUT2D eigenvalue weighted by Crippen LogP contribution is 2.48. The first-order valence-corrected chi connectivity index (χ1v) is 7.04. The highest BCUT2D eigenvalue weighted by Gasteiger charge is 2.35. The van der Waals surface area contributed by atoms with Gasteiger partial charge in [0, 0.05) is 7.05 Å². The lowest BCUT2D eigenvalue weighted by Crippen LogP contribution is -2.32. The molecule has 0 aliphatic carbocycles. The molecule has 0 bridgehead atoms. The van der Waals surface area contributed by atoms with Crippen molar-refractivity contribution < 1.29 is 9.46 Å². The molecule has 0 aromatic heterocycles. The van der Waals surface area contributed by atoms with Crippen molar-refractivity contribution in [2.24, 2.45) is 0 Å². The number of nitrogens with zero attached hydrogens (tertiary/aromatic N) is 1. The normalized spacial score (nSPS) is 16.2. The van der Waals surface area contributed by atoms with Crippen molar-refractivity contribution in [3.63, 3.8) is 0 Å². The van der Waals surface area contributed by atoms with Crippen molar-refractivity contribution in [2.45, 2.75) is 0 Å². The first-order valence-electron chi connectivity index (χ1n) is 5.38. The van der Waals surface area contributed by atoms with Crippen LogP contribution in [0.15, 0.2) is 48.5 Å². The Balaban J connectivity index is 2.38. The van der Waals surface area contributed by atoms with Crippen LogP contribution >= 0.6 is 7.37 Å². The fourth-order valence-corrected chi connectivity index (χ4v) is 4.17. The number of para-hydroxylation sites is 2. The van der Waals surface area contributed by atoms with Gasteiger partial charge in [-0.3, -0.25) is 4.57 Å². The minimum atomic E-state index is -3.45. The molecule has 0 amide bonds. The molecule has 0 saturated carbocycles. The third-order valence-electron chi connectivity index (χ3n) is 3.14. The van der Waals surface area contributed by atoms with Crippen LogP contribution in [0.1, 0.15) is 0 Å². The molecule has 1 aliphatic rings. The molecule has 0 spiro atoms. The Morgan fingerprint density at radius 3 is 1.82 bits per heavy atom. The first kappa shape index (κ1) is 10.6. The molecule has 2 aromatic carbocycles. The Labute approximate surface area is 99.8 Å². The molecule has 0 atom stereocenters. The summed E-state index contributed by atoms with van der Waals surface area (Å²) in [5, 5.41) is 1.03. The van der Waals surface area contributed by atoms with Crippen molar-refractivity contribution in [1.29, 1.82) is 0 Å². The second kappa shape index (κ2) is 3.46. The third kappa shape index (κ3) is 1.36. The zero-order valence-corrected chi connectivity index (χ0v) is 10.3. The Morgan fingerprint density at radius 1 is 0.941 bits per heavy atom. The lowest BCUT2D eigenvalue weighted by molar-refractivity contribution is 0.500. The second-order valence-corrected chi connectivity index (χ2v) is 6.23. The highest BCUT2D eigenvalue weighted by atomic mass is 31.2. The largest absolute Gasteiger partial charge is 0.343 e. The monoisotopic (exact) mass is 245 g/mol. The van der Waals surface area contributed by atoms with Crippen LogP contribution in [0, 0.1) is 0 Å². The fraction of sp³-hybridized carbons (Fsp3) is 0.0769. The molecule has 0 radical (unpaired) electrons. The van der Waals surface area contributed by atoms with Gasteiger partial charge in [0.15, 0.2) is 0 Å². The van der Waals surface area contributed by atoms with E-state index in [0.29, 0.717) is 10.6 Å². The van der Waals surface area contributed by atoms with Crippen molar-refractivity contribution in [2.75, 3.05) is 11.9 Å². The number of anilines is 2. The molecule has 1 N–H and O–H groups in total. The Morgan fingerprint density at radius 2 is 1.35 bits per heavy atom. The summed E-state index contributed by atoms with van der Waals surface area (Å²) in [6, 6.07) is 14.5. The molecule has 17 heavy (non-hydrogen) atoms. The Bertz CT molecular complexity index is 587. The van der Waals surface area contributed by atoms with Gasteiger partial charge in [-0.05, 0) is 24.3 Å². The van der Waals surface area contributed by atoms with Gasteiger partial charge in [-0.25, -0.2) is 0 Å². The number of rotatable bonds is 0. The standard InChI is InChI=1S/C13H12NO2P/c1-14-10-6-2-4-8-12(10)17(15,16)13-9-5-3-7-11(13)14/h2-9H,1H3,(H,15,16). The van der Waals surface area contributed by atoms with E-state index in [1.165, 1.54) is 0 Å². The van der Waals surface area contributed by atoms with E-state index in [0.717, 1.165) is 11.4 Å². The van der Waals surface area contributed by atoms with Crippen LogP contribution in [0.3, 0.4) is 0 Å². The average Bonchev–Trinajstić information content (AvgIpc) is 2.37. The van der Waals surface area contributed by atoms with Crippen LogP contribution in [-0.2, 0) is 4.57 Å². The lowest BCUT2D eigenvalue weighted by Gasteiger charge is -2.32. The number of fused-ring (bicyclic) bond motifs is 2. The van der Waals surface area contributed by atoms with E-state index in [9.17, 15) is 9.46 Å². The van der Waals surface area contributed by atoms with Crippen LogP contribution in [0.5, 0.6) is 0 Å². The van der Waals surface area contributed by atoms with E-state index in [-0.39, 0.29) is 0 Å². The zero-order valence-electron chi connectivity index (χ0n) is 9.37. The maximum Gasteiger partial charge on any atom is 0.262 e. The van der Waals surface area contributed by atoms with E-state index in [4.69, 9.17) is 0 Å². The van der Waals surface area contributed by atoms with E-state index < -0.39 is 7.37 Å². The first-order chi connectivity index (χ1) is 8.12. The number of benzene rings is 2. The minimum absolute atomic E-state index is 0.515. The summed E-state index contributed by atoms with van der Waals surface area (Å²) >= 11 is 0. The Kier molecular flexibility index (Phi) is 2.15.